The van der Waals surface area contributed by atoms with Crippen molar-refractivity contribution in [2.24, 2.45) is 11.8 Å². The van der Waals surface area contributed by atoms with E-state index in [9.17, 15) is 5.11 Å². The Bertz CT molecular complexity index is 246. The molecule has 0 amide bonds. The first-order chi connectivity index (χ1) is 6.52. The minimum atomic E-state index is -0.330. The van der Waals surface area contributed by atoms with Crippen LogP contribution in [0, 0.1) is 11.8 Å². The van der Waals surface area contributed by atoms with Gasteiger partial charge in [-0.2, -0.15) is 0 Å². The number of aliphatic hydroxyl groups is 1. The van der Waals surface area contributed by atoms with Gasteiger partial charge in [-0.25, -0.2) is 0 Å². The molecule has 0 aromatic rings. The topological polar surface area (TPSA) is 20.2 Å². The highest BCUT2D eigenvalue weighted by molar-refractivity contribution is 5.32. The van der Waals surface area contributed by atoms with Crippen molar-refractivity contribution in [2.75, 3.05) is 0 Å². The van der Waals surface area contributed by atoms with Crippen LogP contribution in [0.2, 0.25) is 0 Å². The summed E-state index contributed by atoms with van der Waals surface area (Å²) in [7, 11) is 0. The highest BCUT2D eigenvalue weighted by Gasteiger charge is 2.23. The van der Waals surface area contributed by atoms with Crippen LogP contribution in [0.25, 0.3) is 0 Å². The van der Waals surface area contributed by atoms with Crippen molar-refractivity contribution < 1.29 is 5.11 Å². The van der Waals surface area contributed by atoms with E-state index >= 15 is 0 Å². The van der Waals surface area contributed by atoms with Crippen molar-refractivity contribution in [2.45, 2.75) is 46.6 Å². The summed E-state index contributed by atoms with van der Waals surface area (Å²) < 4.78 is 0. The van der Waals surface area contributed by atoms with Gasteiger partial charge in [-0.05, 0) is 44.1 Å². The van der Waals surface area contributed by atoms with E-state index < -0.39 is 0 Å². The van der Waals surface area contributed by atoms with Gasteiger partial charge >= 0.3 is 0 Å². The third-order valence-electron chi connectivity index (χ3n) is 3.08. The molecule has 0 spiro atoms. The zero-order valence-corrected chi connectivity index (χ0v) is 9.75. The average molecular weight is 194 g/mol. The molecule has 2 atom stereocenters. The third-order valence-corrected chi connectivity index (χ3v) is 3.08. The lowest BCUT2D eigenvalue weighted by Gasteiger charge is -2.16. The molecule has 0 saturated heterocycles. The van der Waals surface area contributed by atoms with Crippen LogP contribution in [0.3, 0.4) is 0 Å². The molecule has 14 heavy (non-hydrogen) atoms. The first kappa shape index (κ1) is 11.5. The van der Waals surface area contributed by atoms with Gasteiger partial charge in [0.2, 0.25) is 0 Å². The average Bonchev–Trinajstić information content (AvgIpc) is 2.43. The van der Waals surface area contributed by atoms with E-state index in [0.29, 0.717) is 11.8 Å². The minimum absolute atomic E-state index is 0.330. The third kappa shape index (κ3) is 2.71. The molecule has 0 fully saturated rings. The van der Waals surface area contributed by atoms with Crippen LogP contribution in [0.4, 0.5) is 0 Å². The minimum Gasteiger partial charge on any atom is -0.389 e. The van der Waals surface area contributed by atoms with Crippen LogP contribution in [0.1, 0.15) is 40.5 Å². The lowest BCUT2D eigenvalue weighted by Crippen LogP contribution is -2.07. The summed E-state index contributed by atoms with van der Waals surface area (Å²) in [5, 5.41) is 9.21. The standard InChI is InChI=1S/C13H22O/c1-9(2)12-7-5-10(3)13(12)8-6-11(4)14/h6,8-9,11-12,14H,5,7H2,1-4H3/b8-6+/t11?,12-/m0/s1. The largest absolute Gasteiger partial charge is 0.389 e. The van der Waals surface area contributed by atoms with Gasteiger partial charge in [0.1, 0.15) is 0 Å². The van der Waals surface area contributed by atoms with Gasteiger partial charge in [0, 0.05) is 0 Å². The van der Waals surface area contributed by atoms with Gasteiger partial charge in [0.05, 0.1) is 6.10 Å². The van der Waals surface area contributed by atoms with Crippen LogP contribution in [-0.2, 0) is 0 Å². The predicted molar refractivity (Wildman–Crippen MR) is 61.1 cm³/mol. The predicted octanol–water partition coefficient (Wildman–Crippen LogP) is 3.31. The zero-order valence-electron chi connectivity index (χ0n) is 9.75. The summed E-state index contributed by atoms with van der Waals surface area (Å²) >= 11 is 0. The Balaban J connectivity index is 2.77. The molecule has 0 aromatic heterocycles. The maximum Gasteiger partial charge on any atom is 0.0695 e. The van der Waals surface area contributed by atoms with Crippen molar-refractivity contribution in [1.82, 2.24) is 0 Å². The summed E-state index contributed by atoms with van der Waals surface area (Å²) in [5.74, 6) is 1.41. The number of allylic oxidation sites excluding steroid dienone is 3. The molecule has 1 aliphatic rings. The fraction of sp³-hybridized carbons (Fsp3) is 0.692. The Labute approximate surface area is 87.5 Å². The highest BCUT2D eigenvalue weighted by atomic mass is 16.3. The second kappa shape index (κ2) is 4.79. The molecule has 1 unspecified atom stereocenters. The molecule has 1 rings (SSSR count). The molecule has 0 radical (unpaired) electrons. The van der Waals surface area contributed by atoms with E-state index in [0.717, 1.165) is 0 Å². The zero-order chi connectivity index (χ0) is 10.7. The Morgan fingerprint density at radius 2 is 2.00 bits per heavy atom. The second-order valence-corrected chi connectivity index (χ2v) is 4.72. The molecule has 0 aliphatic heterocycles. The molecule has 80 valence electrons. The van der Waals surface area contributed by atoms with Gasteiger partial charge in [-0.15, -0.1) is 0 Å². The molecular weight excluding hydrogens is 172 g/mol. The molecular formula is C13H22O. The van der Waals surface area contributed by atoms with Crippen molar-refractivity contribution in [3.8, 4) is 0 Å². The van der Waals surface area contributed by atoms with Crippen molar-refractivity contribution in [1.29, 1.82) is 0 Å². The van der Waals surface area contributed by atoms with Gasteiger partial charge in [0.25, 0.3) is 0 Å². The normalized spacial score (nSPS) is 25.4. The molecule has 0 aromatic carbocycles. The molecule has 0 bridgehead atoms. The summed E-state index contributed by atoms with van der Waals surface area (Å²) in [4.78, 5) is 0. The summed E-state index contributed by atoms with van der Waals surface area (Å²) in [6, 6.07) is 0. The Morgan fingerprint density at radius 1 is 1.36 bits per heavy atom. The van der Waals surface area contributed by atoms with E-state index in [2.05, 4.69) is 26.8 Å². The first-order valence-corrected chi connectivity index (χ1v) is 5.58. The van der Waals surface area contributed by atoms with Crippen molar-refractivity contribution in [3.63, 3.8) is 0 Å². The highest BCUT2D eigenvalue weighted by Crippen LogP contribution is 2.37. The Morgan fingerprint density at radius 3 is 2.50 bits per heavy atom. The molecule has 0 heterocycles. The van der Waals surface area contributed by atoms with Gasteiger partial charge in [-0.1, -0.05) is 31.6 Å². The smallest absolute Gasteiger partial charge is 0.0695 e. The van der Waals surface area contributed by atoms with Gasteiger partial charge in [-0.3, -0.25) is 0 Å². The van der Waals surface area contributed by atoms with Crippen molar-refractivity contribution in [3.05, 3.63) is 23.3 Å². The lowest BCUT2D eigenvalue weighted by molar-refractivity contribution is 0.244. The number of hydrogen-bond acceptors (Lipinski definition) is 1. The summed E-state index contributed by atoms with van der Waals surface area (Å²) in [6.07, 6.45) is 6.19. The van der Waals surface area contributed by atoms with Gasteiger partial charge < -0.3 is 5.11 Å². The van der Waals surface area contributed by atoms with E-state index in [1.807, 2.05) is 6.08 Å². The van der Waals surface area contributed by atoms with Crippen LogP contribution in [-0.4, -0.2) is 11.2 Å². The SMILES string of the molecule is CC1=C(/C=C/C(C)O)[C@H](C(C)C)CC1. The Kier molecular flexibility index (Phi) is 3.94. The lowest BCUT2D eigenvalue weighted by atomic mass is 9.89. The number of aliphatic hydroxyl groups excluding tert-OH is 1. The molecule has 0 saturated carbocycles. The fourth-order valence-corrected chi connectivity index (χ4v) is 2.19. The quantitative estimate of drug-likeness (QED) is 0.731. The monoisotopic (exact) mass is 194 g/mol. The molecule has 1 aliphatic carbocycles. The van der Waals surface area contributed by atoms with Crippen LogP contribution < -0.4 is 0 Å². The molecule has 1 nitrogen and oxygen atoms in total. The van der Waals surface area contributed by atoms with Gasteiger partial charge in [0.15, 0.2) is 0 Å². The summed E-state index contributed by atoms with van der Waals surface area (Å²) in [6.45, 7) is 8.56. The molecule has 1 heteroatoms. The van der Waals surface area contributed by atoms with Crippen LogP contribution in [0.15, 0.2) is 23.3 Å². The van der Waals surface area contributed by atoms with Crippen LogP contribution in [0.5, 0.6) is 0 Å². The number of rotatable bonds is 3. The molecule has 1 N–H and O–H groups in total. The maximum absolute atomic E-state index is 9.21. The van der Waals surface area contributed by atoms with E-state index in [1.165, 1.54) is 24.0 Å². The fourth-order valence-electron chi connectivity index (χ4n) is 2.19. The van der Waals surface area contributed by atoms with Crippen LogP contribution >= 0.6 is 0 Å². The Hall–Kier alpha value is -0.560. The second-order valence-electron chi connectivity index (χ2n) is 4.72. The van der Waals surface area contributed by atoms with E-state index in [1.54, 1.807) is 6.92 Å². The maximum atomic E-state index is 9.21. The van der Waals surface area contributed by atoms with Crippen molar-refractivity contribution >= 4 is 0 Å². The first-order valence-electron chi connectivity index (χ1n) is 5.58. The number of hydrogen-bond donors (Lipinski definition) is 1. The van der Waals surface area contributed by atoms with E-state index in [-0.39, 0.29) is 6.10 Å². The summed E-state index contributed by atoms with van der Waals surface area (Å²) in [5.41, 5.74) is 2.96. The van der Waals surface area contributed by atoms with E-state index in [4.69, 9.17) is 0 Å².